The Morgan fingerprint density at radius 2 is 1.64 bits per heavy atom. The molecule has 0 radical (unpaired) electrons. The van der Waals surface area contributed by atoms with Crippen molar-refractivity contribution in [3.8, 4) is 0 Å². The second kappa shape index (κ2) is 5.55. The standard InChI is InChI=1S/C11H21OS2/c12-14(10-13-8-4-5-9-13)11-6-2-1-3-7-11/h11H,1-10H2/q+1. The molecule has 0 aromatic carbocycles. The third-order valence-electron chi connectivity index (χ3n) is 3.32. The van der Waals surface area contributed by atoms with Crippen molar-refractivity contribution in [2.24, 2.45) is 0 Å². The lowest BCUT2D eigenvalue weighted by Crippen LogP contribution is -2.25. The average Bonchev–Trinajstić information content (AvgIpc) is 2.72. The van der Waals surface area contributed by atoms with E-state index in [1.807, 2.05) is 0 Å². The molecule has 2 rings (SSSR count). The van der Waals surface area contributed by atoms with E-state index in [1.54, 1.807) is 0 Å². The van der Waals surface area contributed by atoms with Crippen LogP contribution in [0.4, 0.5) is 0 Å². The van der Waals surface area contributed by atoms with Crippen molar-refractivity contribution in [3.63, 3.8) is 0 Å². The van der Waals surface area contributed by atoms with Crippen LogP contribution in [0.25, 0.3) is 0 Å². The van der Waals surface area contributed by atoms with Gasteiger partial charge in [-0.25, -0.2) is 0 Å². The minimum Gasteiger partial charge on any atom is -0.254 e. The van der Waals surface area contributed by atoms with Crippen LogP contribution in [-0.4, -0.2) is 26.0 Å². The highest BCUT2D eigenvalue weighted by molar-refractivity contribution is 8.08. The maximum Gasteiger partial charge on any atom is 0.182 e. The van der Waals surface area contributed by atoms with Crippen LogP contribution in [-0.2, 0) is 21.7 Å². The van der Waals surface area contributed by atoms with Crippen LogP contribution >= 0.6 is 0 Å². The van der Waals surface area contributed by atoms with Crippen LogP contribution in [0.3, 0.4) is 0 Å². The SMILES string of the molecule is O=S(C[S+]1CCCC1)C1CCCCC1. The molecule has 2 aliphatic rings. The van der Waals surface area contributed by atoms with Crippen LogP contribution < -0.4 is 0 Å². The summed E-state index contributed by atoms with van der Waals surface area (Å²) in [6.07, 6.45) is 9.29. The molecule has 14 heavy (non-hydrogen) atoms. The highest BCUT2D eigenvalue weighted by Crippen LogP contribution is 2.24. The predicted octanol–water partition coefficient (Wildman–Crippen LogP) is 2.44. The van der Waals surface area contributed by atoms with Crippen molar-refractivity contribution in [1.29, 1.82) is 0 Å². The zero-order valence-electron chi connectivity index (χ0n) is 8.87. The van der Waals surface area contributed by atoms with Gasteiger partial charge in [-0.05, 0) is 25.7 Å². The Morgan fingerprint density at radius 3 is 2.29 bits per heavy atom. The van der Waals surface area contributed by atoms with Gasteiger partial charge in [0.1, 0.15) is 11.5 Å². The zero-order valence-corrected chi connectivity index (χ0v) is 10.5. The van der Waals surface area contributed by atoms with Crippen LogP contribution in [0.5, 0.6) is 0 Å². The third-order valence-corrected chi connectivity index (χ3v) is 8.53. The second-order valence-electron chi connectivity index (χ2n) is 4.49. The molecule has 1 unspecified atom stereocenters. The molecule has 2 fully saturated rings. The van der Waals surface area contributed by atoms with E-state index >= 15 is 0 Å². The summed E-state index contributed by atoms with van der Waals surface area (Å²) in [4.78, 5) is 0. The van der Waals surface area contributed by atoms with E-state index in [2.05, 4.69) is 0 Å². The number of hydrogen-bond donors (Lipinski definition) is 0. The molecule has 0 aromatic heterocycles. The lowest BCUT2D eigenvalue weighted by atomic mass is 10.0. The molecule has 1 aliphatic heterocycles. The Bertz CT molecular complexity index is 193. The average molecular weight is 233 g/mol. The first-order chi connectivity index (χ1) is 6.86. The van der Waals surface area contributed by atoms with E-state index in [4.69, 9.17) is 0 Å². The van der Waals surface area contributed by atoms with Crippen molar-refractivity contribution in [2.45, 2.75) is 50.2 Å². The highest BCUT2D eigenvalue weighted by Gasteiger charge is 2.30. The fourth-order valence-electron chi connectivity index (χ4n) is 2.42. The van der Waals surface area contributed by atoms with Gasteiger partial charge < -0.3 is 0 Å². The Kier molecular flexibility index (Phi) is 4.36. The summed E-state index contributed by atoms with van der Waals surface area (Å²) in [5.74, 6) is 2.75. The predicted molar refractivity (Wildman–Crippen MR) is 66.2 cm³/mol. The van der Waals surface area contributed by atoms with E-state index in [9.17, 15) is 4.21 Å². The minimum atomic E-state index is -0.484. The van der Waals surface area contributed by atoms with Gasteiger partial charge in [0.2, 0.25) is 0 Å². The molecule has 0 spiro atoms. The van der Waals surface area contributed by atoms with Crippen LogP contribution in [0.2, 0.25) is 0 Å². The molecule has 1 nitrogen and oxygen atoms in total. The van der Waals surface area contributed by atoms with Crippen molar-refractivity contribution in [3.05, 3.63) is 0 Å². The molecule has 1 saturated heterocycles. The molecule has 1 atom stereocenters. The third kappa shape index (κ3) is 2.99. The Balaban J connectivity index is 1.75. The van der Waals surface area contributed by atoms with E-state index in [-0.39, 0.29) is 0 Å². The molecule has 82 valence electrons. The summed E-state index contributed by atoms with van der Waals surface area (Å²) < 4.78 is 12.1. The number of hydrogen-bond acceptors (Lipinski definition) is 1. The first kappa shape index (κ1) is 11.0. The molecule has 0 bridgehead atoms. The summed E-state index contributed by atoms with van der Waals surface area (Å²) >= 11 is 0. The molecule has 1 aliphatic carbocycles. The quantitative estimate of drug-likeness (QED) is 0.684. The van der Waals surface area contributed by atoms with Crippen LogP contribution in [0.1, 0.15) is 44.9 Å². The van der Waals surface area contributed by atoms with E-state index in [1.165, 1.54) is 56.5 Å². The van der Waals surface area contributed by atoms with Crippen molar-refractivity contribution >= 4 is 21.7 Å². The summed E-state index contributed by atoms with van der Waals surface area (Å²) in [6.45, 7) is 0. The first-order valence-corrected chi connectivity index (χ1v) is 8.99. The van der Waals surface area contributed by atoms with Gasteiger partial charge in [-0.3, -0.25) is 4.21 Å². The number of rotatable bonds is 3. The Hall–Kier alpha value is 0.500. The highest BCUT2D eigenvalue weighted by atomic mass is 32.3. The zero-order chi connectivity index (χ0) is 9.80. The van der Waals surface area contributed by atoms with Gasteiger partial charge in [-0.1, -0.05) is 19.3 Å². The fraction of sp³-hybridized carbons (Fsp3) is 1.00. The maximum atomic E-state index is 12.1. The molecule has 3 heteroatoms. The first-order valence-electron chi connectivity index (χ1n) is 5.87. The molecule has 1 heterocycles. The second-order valence-corrected chi connectivity index (χ2v) is 8.90. The van der Waals surface area contributed by atoms with Crippen molar-refractivity contribution in [1.82, 2.24) is 0 Å². The Morgan fingerprint density at radius 1 is 1.00 bits per heavy atom. The molecular weight excluding hydrogens is 212 g/mol. The topological polar surface area (TPSA) is 17.1 Å². The molecule has 0 amide bonds. The van der Waals surface area contributed by atoms with Crippen LogP contribution in [0.15, 0.2) is 0 Å². The fourth-order valence-corrected chi connectivity index (χ4v) is 7.74. The molecule has 0 N–H and O–H groups in total. The molecular formula is C11H21OS2+. The largest absolute Gasteiger partial charge is 0.254 e. The minimum absolute atomic E-state index is 0.484. The smallest absolute Gasteiger partial charge is 0.182 e. The Labute approximate surface area is 92.8 Å². The lowest BCUT2D eigenvalue weighted by molar-refractivity contribution is 0.505. The van der Waals surface area contributed by atoms with Gasteiger partial charge >= 0.3 is 0 Å². The van der Waals surface area contributed by atoms with Crippen molar-refractivity contribution in [2.75, 3.05) is 16.6 Å². The van der Waals surface area contributed by atoms with Gasteiger partial charge in [0.25, 0.3) is 0 Å². The van der Waals surface area contributed by atoms with Gasteiger partial charge in [-0.15, -0.1) is 0 Å². The molecule has 0 aromatic rings. The summed E-state index contributed by atoms with van der Waals surface area (Å²) in [6, 6.07) is 0. The van der Waals surface area contributed by atoms with E-state index in [0.717, 1.165) is 5.08 Å². The van der Waals surface area contributed by atoms with Gasteiger partial charge in [0, 0.05) is 16.1 Å². The van der Waals surface area contributed by atoms with E-state index < -0.39 is 10.8 Å². The summed E-state index contributed by atoms with van der Waals surface area (Å²) in [5, 5.41) is 1.61. The monoisotopic (exact) mass is 233 g/mol. The lowest BCUT2D eigenvalue weighted by Gasteiger charge is -2.19. The normalized spacial score (nSPS) is 28.0. The van der Waals surface area contributed by atoms with Gasteiger partial charge in [0.05, 0.1) is 10.8 Å². The molecule has 1 saturated carbocycles. The van der Waals surface area contributed by atoms with E-state index in [0.29, 0.717) is 16.1 Å². The summed E-state index contributed by atoms with van der Waals surface area (Å²) in [5.41, 5.74) is 0. The van der Waals surface area contributed by atoms with Crippen molar-refractivity contribution < 1.29 is 4.21 Å². The maximum absolute atomic E-state index is 12.1. The van der Waals surface area contributed by atoms with Crippen LogP contribution in [0, 0.1) is 0 Å². The van der Waals surface area contributed by atoms with Gasteiger partial charge in [0.15, 0.2) is 5.08 Å². The van der Waals surface area contributed by atoms with Gasteiger partial charge in [-0.2, -0.15) is 0 Å². The summed E-state index contributed by atoms with van der Waals surface area (Å²) in [7, 11) is 0.0568.